The van der Waals surface area contributed by atoms with Crippen LogP contribution in [0.15, 0.2) is 30.3 Å². The largest absolute Gasteiger partial charge is 1.00 e. The zero-order chi connectivity index (χ0) is 9.40. The smallest absolute Gasteiger partial charge is 1.00 e. The van der Waals surface area contributed by atoms with Crippen LogP contribution in [0.3, 0.4) is 0 Å². The summed E-state index contributed by atoms with van der Waals surface area (Å²) in [6, 6.07) is 8.06. The van der Waals surface area contributed by atoms with E-state index in [-0.39, 0.29) is 24.4 Å². The first-order chi connectivity index (χ1) is 5.72. The van der Waals surface area contributed by atoms with Crippen LogP contribution in [0.4, 0.5) is 0 Å². The molecular formula is C7H5Cl2LiO2Zn. The Kier molecular flexibility index (Phi) is 13.0. The molecule has 0 aliphatic carbocycles. The molecule has 0 saturated carbocycles. The van der Waals surface area contributed by atoms with E-state index < -0.39 is 21.1 Å². The predicted octanol–water partition coefficient (Wildman–Crippen LogP) is -1.57. The maximum absolute atomic E-state index is 10.1. The van der Waals surface area contributed by atoms with Gasteiger partial charge in [0.15, 0.2) is 0 Å². The summed E-state index contributed by atoms with van der Waals surface area (Å²) in [5, 5.41) is 10.1. The van der Waals surface area contributed by atoms with Crippen molar-refractivity contribution in [3.63, 3.8) is 0 Å². The van der Waals surface area contributed by atoms with Crippen LogP contribution in [-0.4, -0.2) is 5.97 Å². The van der Waals surface area contributed by atoms with Gasteiger partial charge in [-0.3, -0.25) is 0 Å². The topological polar surface area (TPSA) is 40.1 Å². The SMILES string of the molecule is O=C([O-])c1ccccc1.[Cl][Zn][Cl].[Li+]. The van der Waals surface area contributed by atoms with Gasteiger partial charge in [-0.05, 0) is 5.56 Å². The van der Waals surface area contributed by atoms with E-state index in [1.807, 2.05) is 0 Å². The van der Waals surface area contributed by atoms with Crippen LogP contribution < -0.4 is 24.0 Å². The number of carboxylic acid groups (broad SMARTS) is 1. The Morgan fingerprint density at radius 1 is 1.23 bits per heavy atom. The molecule has 0 atom stereocenters. The van der Waals surface area contributed by atoms with E-state index in [1.54, 1.807) is 18.2 Å². The van der Waals surface area contributed by atoms with E-state index in [9.17, 15) is 9.90 Å². The fourth-order valence-corrected chi connectivity index (χ4v) is 0.574. The number of aromatic carboxylic acids is 1. The number of rotatable bonds is 1. The van der Waals surface area contributed by atoms with Gasteiger partial charge < -0.3 is 9.90 Å². The summed E-state index contributed by atoms with van der Waals surface area (Å²) in [5.74, 6) is -1.13. The Labute approximate surface area is 104 Å². The molecule has 1 aromatic carbocycles. The van der Waals surface area contributed by atoms with Crippen LogP contribution in [0.1, 0.15) is 10.4 Å². The summed E-state index contributed by atoms with van der Waals surface area (Å²) in [6.45, 7) is 0. The molecule has 0 fully saturated rings. The maximum atomic E-state index is 10.1. The number of hydrogen-bond acceptors (Lipinski definition) is 2. The molecular weight excluding hydrogens is 259 g/mol. The Morgan fingerprint density at radius 2 is 1.62 bits per heavy atom. The quantitative estimate of drug-likeness (QED) is 0.575. The van der Waals surface area contributed by atoms with Gasteiger partial charge in [0.05, 0.1) is 5.97 Å². The summed E-state index contributed by atoms with van der Waals surface area (Å²) in [4.78, 5) is 10.1. The summed E-state index contributed by atoms with van der Waals surface area (Å²) in [7, 11) is 9.90. The first kappa shape index (κ1) is 15.9. The third-order valence-corrected chi connectivity index (χ3v) is 1.01. The molecule has 0 N–H and O–H groups in total. The molecule has 0 aliphatic heterocycles. The average molecular weight is 264 g/mol. The zero-order valence-corrected chi connectivity index (χ0v) is 11.6. The molecule has 13 heavy (non-hydrogen) atoms. The minimum atomic E-state index is -1.13. The molecule has 0 aliphatic rings. The molecule has 0 unspecified atom stereocenters. The third-order valence-electron chi connectivity index (χ3n) is 1.01. The standard InChI is InChI=1S/C7H6O2.2ClH.Li.Zn/c8-7(9)6-4-2-1-3-5-6;;;;/h1-5H,(H,8,9);2*1H;;/q;;;+1;+2/p-3. The Morgan fingerprint density at radius 3 is 1.85 bits per heavy atom. The van der Waals surface area contributed by atoms with Crippen molar-refractivity contribution in [1.82, 2.24) is 0 Å². The molecule has 0 bridgehead atoms. The second-order valence-electron chi connectivity index (χ2n) is 1.75. The van der Waals surface area contributed by atoms with Crippen molar-refractivity contribution >= 4 is 25.4 Å². The number of hydrogen-bond donors (Lipinski definition) is 0. The predicted molar refractivity (Wildman–Crippen MR) is 42.5 cm³/mol. The van der Waals surface area contributed by atoms with Gasteiger partial charge in [-0.2, -0.15) is 0 Å². The van der Waals surface area contributed by atoms with Crippen molar-refractivity contribution in [2.75, 3.05) is 0 Å². The molecule has 62 valence electrons. The third kappa shape index (κ3) is 8.81. The molecule has 6 heteroatoms. The van der Waals surface area contributed by atoms with Crippen molar-refractivity contribution in [3.8, 4) is 0 Å². The number of carbonyl (C=O) groups excluding carboxylic acids is 1. The van der Waals surface area contributed by atoms with Crippen LogP contribution in [0.5, 0.6) is 0 Å². The minimum absolute atomic E-state index is 0. The summed E-state index contributed by atoms with van der Waals surface area (Å²) in [5.41, 5.74) is 0.220. The number of carbonyl (C=O) groups is 1. The Bertz CT molecular complexity index is 233. The summed E-state index contributed by atoms with van der Waals surface area (Å²) >= 11 is -0.931. The van der Waals surface area contributed by atoms with E-state index in [1.165, 1.54) is 12.1 Å². The van der Waals surface area contributed by atoms with Gasteiger partial charge in [0.1, 0.15) is 0 Å². The van der Waals surface area contributed by atoms with Crippen molar-refractivity contribution in [3.05, 3.63) is 35.9 Å². The number of halogens is 2. The first-order valence-corrected chi connectivity index (χ1v) is 10.9. The second-order valence-corrected chi connectivity index (χ2v) is 6.38. The van der Waals surface area contributed by atoms with Gasteiger partial charge in [0, 0.05) is 0 Å². The molecule has 0 aromatic heterocycles. The Balaban J connectivity index is 0. The van der Waals surface area contributed by atoms with Crippen LogP contribution in [0.25, 0.3) is 0 Å². The van der Waals surface area contributed by atoms with Crippen LogP contribution >= 0.6 is 19.4 Å². The van der Waals surface area contributed by atoms with Gasteiger partial charge in [0.2, 0.25) is 0 Å². The van der Waals surface area contributed by atoms with Gasteiger partial charge in [-0.15, -0.1) is 0 Å². The molecule has 1 rings (SSSR count). The van der Waals surface area contributed by atoms with Crippen LogP contribution in [-0.2, 0) is 15.1 Å². The van der Waals surface area contributed by atoms with Crippen LogP contribution in [0, 0.1) is 0 Å². The summed E-state index contributed by atoms with van der Waals surface area (Å²) in [6.07, 6.45) is 0. The van der Waals surface area contributed by atoms with Crippen molar-refractivity contribution in [2.24, 2.45) is 0 Å². The van der Waals surface area contributed by atoms with Gasteiger partial charge in [-0.25, -0.2) is 0 Å². The molecule has 2 nitrogen and oxygen atoms in total. The zero-order valence-electron chi connectivity index (χ0n) is 7.17. The average Bonchev–Trinajstić information content (AvgIpc) is 2.07. The second kappa shape index (κ2) is 10.6. The molecule has 0 radical (unpaired) electrons. The van der Waals surface area contributed by atoms with Crippen molar-refractivity contribution in [1.29, 1.82) is 0 Å². The molecule has 1 aromatic rings. The molecule has 0 saturated heterocycles. The fourth-order valence-electron chi connectivity index (χ4n) is 0.574. The van der Waals surface area contributed by atoms with Gasteiger partial charge in [0.25, 0.3) is 0 Å². The molecule has 0 amide bonds. The van der Waals surface area contributed by atoms with Crippen LogP contribution in [0.2, 0.25) is 0 Å². The van der Waals surface area contributed by atoms with E-state index in [0.717, 1.165) is 0 Å². The molecule has 0 heterocycles. The van der Waals surface area contributed by atoms with Crippen molar-refractivity contribution in [2.45, 2.75) is 0 Å². The molecule has 0 spiro atoms. The monoisotopic (exact) mass is 262 g/mol. The van der Waals surface area contributed by atoms with E-state index >= 15 is 0 Å². The minimum Gasteiger partial charge on any atom is 1.00 e. The van der Waals surface area contributed by atoms with E-state index in [4.69, 9.17) is 19.4 Å². The summed E-state index contributed by atoms with van der Waals surface area (Å²) < 4.78 is 0. The van der Waals surface area contributed by atoms with E-state index in [0.29, 0.717) is 0 Å². The number of carboxylic acids is 1. The van der Waals surface area contributed by atoms with Crippen molar-refractivity contribution < 1.29 is 43.9 Å². The van der Waals surface area contributed by atoms with Gasteiger partial charge >= 0.3 is 53.4 Å². The van der Waals surface area contributed by atoms with E-state index in [2.05, 4.69) is 0 Å². The number of benzene rings is 1. The van der Waals surface area contributed by atoms with Gasteiger partial charge in [-0.1, -0.05) is 30.3 Å². The fraction of sp³-hybridized carbons (Fsp3) is 0. The normalized spacial score (nSPS) is 6.92. The maximum Gasteiger partial charge on any atom is 1.00 e. The first-order valence-electron chi connectivity index (χ1n) is 3.10. The Hall–Kier alpha value is 0.491.